The number of halogens is 1. The van der Waals surface area contributed by atoms with Crippen LogP contribution in [-0.2, 0) is 17.8 Å². The number of H-pyrrole nitrogens is 1. The second-order valence-electron chi connectivity index (χ2n) is 5.82. The van der Waals surface area contributed by atoms with Crippen molar-refractivity contribution in [1.82, 2.24) is 14.9 Å². The molecule has 0 radical (unpaired) electrons. The minimum Gasteiger partial charge on any atom is -0.462 e. The molecule has 9 heteroatoms. The Morgan fingerprint density at radius 3 is 2.85 bits per heavy atom. The Labute approximate surface area is 162 Å². The van der Waals surface area contributed by atoms with Crippen molar-refractivity contribution in [1.29, 1.82) is 0 Å². The molecule has 26 heavy (non-hydrogen) atoms. The first-order chi connectivity index (χ1) is 12.4. The zero-order valence-electron chi connectivity index (χ0n) is 14.6. The molecule has 1 N–H and O–H groups in total. The minimum absolute atomic E-state index is 0.134. The molecule has 0 aliphatic heterocycles. The highest BCUT2D eigenvalue weighted by molar-refractivity contribution is 9.11. The SMILES string of the molecule is CCOC(=O)c1c(C)oc2nc(CN(C)Cc3ccc(Br)s3)[nH]c(=O)c12. The third-order valence-electron chi connectivity index (χ3n) is 3.74. The number of hydrogen-bond donors (Lipinski definition) is 1. The summed E-state index contributed by atoms with van der Waals surface area (Å²) >= 11 is 5.11. The Morgan fingerprint density at radius 2 is 2.19 bits per heavy atom. The molecule has 0 aliphatic rings. The standard InChI is InChI=1S/C17H18BrN3O4S/c1-4-24-17(23)13-9(2)25-16-14(13)15(22)19-12(20-16)8-21(3)7-10-5-6-11(18)26-10/h5-6H,4,7-8H2,1-3H3,(H,19,20,22). The van der Waals surface area contributed by atoms with E-state index in [0.717, 1.165) is 10.3 Å². The summed E-state index contributed by atoms with van der Waals surface area (Å²) in [6.07, 6.45) is 0. The van der Waals surface area contributed by atoms with Gasteiger partial charge in [-0.05, 0) is 49.0 Å². The van der Waals surface area contributed by atoms with Crippen LogP contribution in [0.15, 0.2) is 25.1 Å². The summed E-state index contributed by atoms with van der Waals surface area (Å²) in [5, 5.41) is 0.134. The van der Waals surface area contributed by atoms with Crippen LogP contribution in [0, 0.1) is 6.92 Å². The molecule has 0 unspecified atom stereocenters. The van der Waals surface area contributed by atoms with Crippen LogP contribution >= 0.6 is 27.3 Å². The van der Waals surface area contributed by atoms with Crippen LogP contribution in [0.2, 0.25) is 0 Å². The number of esters is 1. The quantitative estimate of drug-likeness (QED) is 0.591. The predicted molar refractivity (Wildman–Crippen MR) is 103 cm³/mol. The average Bonchev–Trinajstić information content (AvgIpc) is 3.10. The third kappa shape index (κ3) is 3.89. The van der Waals surface area contributed by atoms with E-state index < -0.39 is 11.5 Å². The summed E-state index contributed by atoms with van der Waals surface area (Å²) in [5.74, 6) is 0.222. The van der Waals surface area contributed by atoms with Crippen molar-refractivity contribution in [3.63, 3.8) is 0 Å². The van der Waals surface area contributed by atoms with Crippen molar-refractivity contribution < 1.29 is 13.9 Å². The molecule has 0 bridgehead atoms. The minimum atomic E-state index is -0.579. The van der Waals surface area contributed by atoms with Gasteiger partial charge in [0.2, 0.25) is 5.71 Å². The van der Waals surface area contributed by atoms with E-state index in [1.165, 1.54) is 4.88 Å². The normalized spacial score (nSPS) is 11.4. The van der Waals surface area contributed by atoms with Gasteiger partial charge in [0, 0.05) is 11.4 Å². The number of ether oxygens (including phenoxy) is 1. The lowest BCUT2D eigenvalue weighted by Crippen LogP contribution is -2.22. The van der Waals surface area contributed by atoms with Crippen molar-refractivity contribution in [2.75, 3.05) is 13.7 Å². The molecule has 0 amide bonds. The lowest BCUT2D eigenvalue weighted by molar-refractivity contribution is 0.0526. The molecule has 3 aromatic heterocycles. The Balaban J connectivity index is 1.87. The fourth-order valence-electron chi connectivity index (χ4n) is 2.70. The van der Waals surface area contributed by atoms with Gasteiger partial charge in [-0.2, -0.15) is 4.98 Å². The highest BCUT2D eigenvalue weighted by Crippen LogP contribution is 2.24. The lowest BCUT2D eigenvalue weighted by atomic mass is 10.2. The number of aromatic nitrogens is 2. The van der Waals surface area contributed by atoms with Crippen molar-refractivity contribution in [3.05, 3.63) is 48.3 Å². The van der Waals surface area contributed by atoms with Crippen molar-refractivity contribution >= 4 is 44.3 Å². The van der Waals surface area contributed by atoms with Crippen molar-refractivity contribution in [2.24, 2.45) is 0 Å². The first-order valence-corrected chi connectivity index (χ1v) is 9.62. The van der Waals surface area contributed by atoms with Gasteiger partial charge in [-0.25, -0.2) is 4.79 Å². The van der Waals surface area contributed by atoms with E-state index in [0.29, 0.717) is 18.1 Å². The second-order valence-corrected chi connectivity index (χ2v) is 8.37. The molecule has 0 saturated heterocycles. The largest absolute Gasteiger partial charge is 0.462 e. The van der Waals surface area contributed by atoms with Gasteiger partial charge >= 0.3 is 5.97 Å². The van der Waals surface area contributed by atoms with Crippen LogP contribution in [-0.4, -0.2) is 34.5 Å². The fourth-order valence-corrected chi connectivity index (χ4v) is 4.27. The molecule has 0 aliphatic carbocycles. The molecule has 0 atom stereocenters. The number of hydrogen-bond acceptors (Lipinski definition) is 7. The van der Waals surface area contributed by atoms with Crippen molar-refractivity contribution in [2.45, 2.75) is 26.9 Å². The first-order valence-electron chi connectivity index (χ1n) is 8.01. The molecule has 0 spiro atoms. The maximum Gasteiger partial charge on any atom is 0.342 e. The number of carbonyl (C=O) groups is 1. The Morgan fingerprint density at radius 1 is 1.42 bits per heavy atom. The molecule has 0 fully saturated rings. The molecule has 3 rings (SSSR count). The highest BCUT2D eigenvalue weighted by atomic mass is 79.9. The highest BCUT2D eigenvalue weighted by Gasteiger charge is 2.23. The van der Waals surface area contributed by atoms with Crippen LogP contribution in [0.5, 0.6) is 0 Å². The van der Waals surface area contributed by atoms with E-state index in [4.69, 9.17) is 9.15 Å². The molecule has 138 valence electrons. The van der Waals surface area contributed by atoms with E-state index in [1.54, 1.807) is 25.2 Å². The molecular weight excluding hydrogens is 422 g/mol. The number of aryl methyl sites for hydroxylation is 1. The van der Waals surface area contributed by atoms with Crippen LogP contribution < -0.4 is 5.56 Å². The van der Waals surface area contributed by atoms with Gasteiger partial charge in [0.05, 0.1) is 16.9 Å². The molecule has 3 aromatic rings. The fraction of sp³-hybridized carbons (Fsp3) is 0.353. The second kappa shape index (κ2) is 7.73. The number of aromatic amines is 1. The molecule has 0 aromatic carbocycles. The summed E-state index contributed by atoms with van der Waals surface area (Å²) in [7, 11) is 1.94. The van der Waals surface area contributed by atoms with E-state index >= 15 is 0 Å². The first kappa shape index (κ1) is 18.8. The number of carbonyl (C=O) groups excluding carboxylic acids is 1. The predicted octanol–water partition coefficient (Wildman–Crippen LogP) is 3.46. The van der Waals surface area contributed by atoms with Gasteiger partial charge in [0.1, 0.15) is 22.5 Å². The van der Waals surface area contributed by atoms with Crippen LogP contribution in [0.25, 0.3) is 11.1 Å². The topological polar surface area (TPSA) is 88.4 Å². The van der Waals surface area contributed by atoms with E-state index in [9.17, 15) is 9.59 Å². The number of thiophene rings is 1. The van der Waals surface area contributed by atoms with Gasteiger partial charge in [0.25, 0.3) is 5.56 Å². The summed E-state index contributed by atoms with van der Waals surface area (Å²) in [4.78, 5) is 34.9. The lowest BCUT2D eigenvalue weighted by Gasteiger charge is -2.14. The van der Waals surface area contributed by atoms with Crippen LogP contribution in [0.1, 0.15) is 33.7 Å². The number of rotatable bonds is 6. The van der Waals surface area contributed by atoms with Gasteiger partial charge in [-0.15, -0.1) is 11.3 Å². The Bertz CT molecular complexity index is 1010. The van der Waals surface area contributed by atoms with Crippen molar-refractivity contribution in [3.8, 4) is 0 Å². The number of fused-ring (bicyclic) bond motifs is 1. The number of nitrogens with one attached hydrogen (secondary N) is 1. The summed E-state index contributed by atoms with van der Waals surface area (Å²) in [5.41, 5.74) is -0.118. The van der Waals surface area contributed by atoms with Crippen LogP contribution in [0.3, 0.4) is 0 Å². The maximum absolute atomic E-state index is 12.5. The van der Waals surface area contributed by atoms with Gasteiger partial charge in [-0.1, -0.05) is 0 Å². The van der Waals surface area contributed by atoms with E-state index in [2.05, 4.69) is 25.9 Å². The zero-order chi connectivity index (χ0) is 18.8. The monoisotopic (exact) mass is 439 g/mol. The molecular formula is C17H18BrN3O4S. The van der Waals surface area contributed by atoms with Gasteiger partial charge in [0.15, 0.2) is 0 Å². The van der Waals surface area contributed by atoms with Gasteiger partial charge in [-0.3, -0.25) is 9.69 Å². The summed E-state index contributed by atoms with van der Waals surface area (Å²) < 4.78 is 11.6. The third-order valence-corrected chi connectivity index (χ3v) is 5.35. The average molecular weight is 440 g/mol. The molecule has 0 saturated carbocycles. The smallest absolute Gasteiger partial charge is 0.342 e. The van der Waals surface area contributed by atoms with E-state index in [1.807, 2.05) is 24.1 Å². The summed E-state index contributed by atoms with van der Waals surface area (Å²) in [6.45, 7) is 4.71. The Hall–Kier alpha value is -1.97. The van der Waals surface area contributed by atoms with E-state index in [-0.39, 0.29) is 23.3 Å². The van der Waals surface area contributed by atoms with Gasteiger partial charge < -0.3 is 14.1 Å². The maximum atomic E-state index is 12.5. The zero-order valence-corrected chi connectivity index (χ0v) is 17.0. The number of furan rings is 1. The van der Waals surface area contributed by atoms with Crippen LogP contribution in [0.4, 0.5) is 0 Å². The number of nitrogens with zero attached hydrogens (tertiary/aromatic N) is 2. The Kier molecular flexibility index (Phi) is 5.59. The summed E-state index contributed by atoms with van der Waals surface area (Å²) in [6, 6.07) is 4.05. The molecule has 3 heterocycles. The molecule has 7 nitrogen and oxygen atoms in total.